The molecule has 0 saturated carbocycles. The van der Waals surface area contributed by atoms with Gasteiger partial charge in [-0.3, -0.25) is 9.78 Å². The summed E-state index contributed by atoms with van der Waals surface area (Å²) in [4.78, 5) is 18.7. The summed E-state index contributed by atoms with van der Waals surface area (Å²) in [5.41, 5.74) is 4.26. The van der Waals surface area contributed by atoms with E-state index in [0.717, 1.165) is 22.3 Å². The predicted molar refractivity (Wildman–Crippen MR) is 103 cm³/mol. The second kappa shape index (κ2) is 7.11. The number of hydrogen-bond acceptors (Lipinski definition) is 4. The molecule has 0 atom stereocenters. The lowest BCUT2D eigenvalue weighted by molar-refractivity contribution is 0.0727. The number of phenols is 1. The Kier molecular flexibility index (Phi) is 4.50. The highest BCUT2D eigenvalue weighted by molar-refractivity contribution is 5.92. The molecule has 1 aliphatic heterocycles. The number of aromatic hydroxyl groups is 1. The molecule has 0 radical (unpaired) electrons. The Labute approximate surface area is 157 Å². The molecule has 2 aromatic carbocycles. The molecule has 0 spiro atoms. The first kappa shape index (κ1) is 17.1. The topological polar surface area (TPSA) is 62.7 Å². The van der Waals surface area contributed by atoms with Gasteiger partial charge in [-0.25, -0.2) is 0 Å². The van der Waals surface area contributed by atoms with Crippen LogP contribution in [0.25, 0.3) is 11.1 Å². The van der Waals surface area contributed by atoms with Gasteiger partial charge in [0.2, 0.25) is 0 Å². The van der Waals surface area contributed by atoms with Crippen LogP contribution < -0.4 is 4.74 Å². The molecule has 27 heavy (non-hydrogen) atoms. The van der Waals surface area contributed by atoms with Gasteiger partial charge in [-0.15, -0.1) is 0 Å². The fourth-order valence-electron chi connectivity index (χ4n) is 3.38. The fraction of sp³-hybridized carbons (Fsp3) is 0.182. The van der Waals surface area contributed by atoms with Crippen molar-refractivity contribution in [2.75, 3.05) is 13.2 Å². The van der Waals surface area contributed by atoms with Crippen molar-refractivity contribution in [1.29, 1.82) is 0 Å². The Morgan fingerprint density at radius 1 is 1.15 bits per heavy atom. The standard InChI is InChI=1S/C22H20N2O3/c1-15-6-2-3-7-18(15)16-12-17-14-24(10-11-27-21(17)20(25)13-16)22(26)19-8-4-5-9-23-19/h2-9,12-13,25H,10-11,14H2,1H3. The zero-order chi connectivity index (χ0) is 18.8. The number of nitrogens with zero attached hydrogens (tertiary/aromatic N) is 2. The van der Waals surface area contributed by atoms with Gasteiger partial charge in [0.15, 0.2) is 11.5 Å². The minimum Gasteiger partial charge on any atom is -0.504 e. The SMILES string of the molecule is Cc1ccccc1-c1cc(O)c2c(c1)CN(C(=O)c1ccccn1)CCO2. The number of carbonyl (C=O) groups excluding carboxylic acids is 1. The number of phenolic OH excluding ortho intramolecular Hbond substituents is 1. The molecule has 0 saturated heterocycles. The van der Waals surface area contributed by atoms with E-state index in [9.17, 15) is 9.90 Å². The van der Waals surface area contributed by atoms with Crippen LogP contribution in [-0.2, 0) is 6.54 Å². The summed E-state index contributed by atoms with van der Waals surface area (Å²) >= 11 is 0. The van der Waals surface area contributed by atoms with Crippen LogP contribution in [-0.4, -0.2) is 34.0 Å². The van der Waals surface area contributed by atoms with Gasteiger partial charge in [0, 0.05) is 18.3 Å². The number of hydrogen-bond donors (Lipinski definition) is 1. The summed E-state index contributed by atoms with van der Waals surface area (Å²) in [5.74, 6) is 0.398. The summed E-state index contributed by atoms with van der Waals surface area (Å²) in [7, 11) is 0. The second-order valence-corrected chi connectivity index (χ2v) is 6.59. The fourth-order valence-corrected chi connectivity index (χ4v) is 3.38. The summed E-state index contributed by atoms with van der Waals surface area (Å²) in [5, 5.41) is 10.5. The van der Waals surface area contributed by atoms with Gasteiger partial charge in [0.05, 0.1) is 6.54 Å². The zero-order valence-corrected chi connectivity index (χ0v) is 15.1. The van der Waals surface area contributed by atoms with E-state index in [1.807, 2.05) is 37.3 Å². The number of pyridine rings is 1. The molecule has 3 aromatic rings. The third-order valence-corrected chi connectivity index (χ3v) is 4.74. The van der Waals surface area contributed by atoms with Crippen molar-refractivity contribution in [3.63, 3.8) is 0 Å². The van der Waals surface area contributed by atoms with E-state index >= 15 is 0 Å². The molecule has 4 rings (SSSR count). The van der Waals surface area contributed by atoms with Crippen molar-refractivity contribution in [1.82, 2.24) is 9.88 Å². The van der Waals surface area contributed by atoms with Crippen LogP contribution in [0.3, 0.4) is 0 Å². The van der Waals surface area contributed by atoms with Crippen LogP contribution >= 0.6 is 0 Å². The molecule has 1 amide bonds. The van der Waals surface area contributed by atoms with Crippen molar-refractivity contribution >= 4 is 5.91 Å². The lowest BCUT2D eigenvalue weighted by Gasteiger charge is -2.19. The number of amides is 1. The van der Waals surface area contributed by atoms with Gasteiger partial charge < -0.3 is 14.7 Å². The Hall–Kier alpha value is -3.34. The Balaban J connectivity index is 1.71. The number of rotatable bonds is 2. The normalized spacial score (nSPS) is 13.4. The highest BCUT2D eigenvalue weighted by Gasteiger charge is 2.24. The Morgan fingerprint density at radius 3 is 2.74 bits per heavy atom. The Bertz CT molecular complexity index is 986. The number of aromatic nitrogens is 1. The average Bonchev–Trinajstić information content (AvgIpc) is 2.91. The molecule has 0 bridgehead atoms. The van der Waals surface area contributed by atoms with Gasteiger partial charge in [-0.1, -0.05) is 30.3 Å². The van der Waals surface area contributed by atoms with E-state index in [4.69, 9.17) is 4.74 Å². The van der Waals surface area contributed by atoms with Crippen molar-refractivity contribution in [3.8, 4) is 22.6 Å². The van der Waals surface area contributed by atoms with E-state index < -0.39 is 0 Å². The smallest absolute Gasteiger partial charge is 0.272 e. The van der Waals surface area contributed by atoms with Crippen LogP contribution in [0, 0.1) is 6.92 Å². The zero-order valence-electron chi connectivity index (χ0n) is 15.1. The van der Waals surface area contributed by atoms with Crippen molar-refractivity contribution < 1.29 is 14.6 Å². The van der Waals surface area contributed by atoms with E-state index in [1.54, 1.807) is 35.4 Å². The lowest BCUT2D eigenvalue weighted by Crippen LogP contribution is -2.32. The second-order valence-electron chi connectivity index (χ2n) is 6.59. The van der Waals surface area contributed by atoms with Crippen molar-refractivity contribution in [2.45, 2.75) is 13.5 Å². The summed E-state index contributed by atoms with van der Waals surface area (Å²) in [6.45, 7) is 3.15. The summed E-state index contributed by atoms with van der Waals surface area (Å²) in [6.07, 6.45) is 1.61. The van der Waals surface area contributed by atoms with E-state index in [-0.39, 0.29) is 11.7 Å². The van der Waals surface area contributed by atoms with Gasteiger partial charge in [-0.2, -0.15) is 0 Å². The average molecular weight is 360 g/mol. The molecule has 0 unspecified atom stereocenters. The Morgan fingerprint density at radius 2 is 1.96 bits per heavy atom. The molecule has 0 fully saturated rings. The highest BCUT2D eigenvalue weighted by Crippen LogP contribution is 2.38. The first-order valence-electron chi connectivity index (χ1n) is 8.88. The molecular formula is C22H20N2O3. The lowest BCUT2D eigenvalue weighted by atomic mass is 9.98. The first-order valence-corrected chi connectivity index (χ1v) is 8.88. The van der Waals surface area contributed by atoms with E-state index in [1.165, 1.54) is 0 Å². The van der Waals surface area contributed by atoms with Gasteiger partial charge in [0.1, 0.15) is 12.3 Å². The quantitative estimate of drug-likeness (QED) is 0.755. The summed E-state index contributed by atoms with van der Waals surface area (Å²) < 4.78 is 5.75. The van der Waals surface area contributed by atoms with Gasteiger partial charge in [0.25, 0.3) is 5.91 Å². The van der Waals surface area contributed by atoms with Crippen LogP contribution in [0.15, 0.2) is 60.8 Å². The molecule has 1 aliphatic rings. The monoisotopic (exact) mass is 360 g/mol. The van der Waals surface area contributed by atoms with Crippen LogP contribution in [0.2, 0.25) is 0 Å². The molecule has 2 heterocycles. The number of benzene rings is 2. The number of ether oxygens (including phenoxy) is 1. The number of aryl methyl sites for hydroxylation is 1. The minimum absolute atomic E-state index is 0.0953. The van der Waals surface area contributed by atoms with Gasteiger partial charge in [-0.05, 0) is 47.9 Å². The van der Waals surface area contributed by atoms with Crippen LogP contribution in [0.5, 0.6) is 11.5 Å². The number of fused-ring (bicyclic) bond motifs is 1. The maximum atomic E-state index is 12.8. The maximum absolute atomic E-state index is 12.8. The highest BCUT2D eigenvalue weighted by atomic mass is 16.5. The predicted octanol–water partition coefficient (Wildman–Crippen LogP) is 3.80. The van der Waals surface area contributed by atoms with Crippen molar-refractivity contribution in [2.24, 2.45) is 0 Å². The minimum atomic E-state index is -0.146. The molecule has 0 aliphatic carbocycles. The molecular weight excluding hydrogens is 340 g/mol. The third kappa shape index (κ3) is 3.36. The molecule has 1 N–H and O–H groups in total. The first-order chi connectivity index (χ1) is 13.1. The third-order valence-electron chi connectivity index (χ3n) is 4.74. The molecule has 5 nitrogen and oxygen atoms in total. The molecule has 136 valence electrons. The van der Waals surface area contributed by atoms with Crippen LogP contribution in [0.1, 0.15) is 21.6 Å². The number of carbonyl (C=O) groups is 1. The largest absolute Gasteiger partial charge is 0.504 e. The van der Waals surface area contributed by atoms with E-state index in [2.05, 4.69) is 4.98 Å². The van der Waals surface area contributed by atoms with Crippen molar-refractivity contribution in [3.05, 3.63) is 77.6 Å². The molecule has 5 heteroatoms. The summed E-state index contributed by atoms with van der Waals surface area (Å²) in [6, 6.07) is 17.0. The van der Waals surface area contributed by atoms with Crippen LogP contribution in [0.4, 0.5) is 0 Å². The molecule has 1 aromatic heterocycles. The van der Waals surface area contributed by atoms with Gasteiger partial charge >= 0.3 is 0 Å². The maximum Gasteiger partial charge on any atom is 0.272 e. The van der Waals surface area contributed by atoms with E-state index in [0.29, 0.717) is 31.1 Å².